The lowest BCUT2D eigenvalue weighted by Gasteiger charge is -1.87. The Hall–Kier alpha value is -0.0200. The Morgan fingerprint density at radius 1 is 1.71 bits per heavy atom. The highest BCUT2D eigenvalue weighted by Gasteiger charge is 2.17. The summed E-state index contributed by atoms with van der Waals surface area (Å²) in [5, 5.41) is 5.23. The summed E-state index contributed by atoms with van der Waals surface area (Å²) in [5.41, 5.74) is 0. The summed E-state index contributed by atoms with van der Waals surface area (Å²) in [4.78, 5) is 1.05. The lowest BCUT2D eigenvalue weighted by molar-refractivity contribution is 0.686. The first-order valence-corrected chi connectivity index (χ1v) is 4.25. The molecule has 0 aliphatic heterocycles. The fourth-order valence-electron chi connectivity index (χ4n) is 0.456. The van der Waals surface area contributed by atoms with Crippen molar-refractivity contribution in [1.82, 2.24) is 0 Å². The van der Waals surface area contributed by atoms with Crippen molar-refractivity contribution < 1.29 is 4.21 Å². The van der Waals surface area contributed by atoms with Crippen molar-refractivity contribution >= 4 is 14.6 Å². The molecule has 1 aliphatic carbocycles. The van der Waals surface area contributed by atoms with E-state index in [0.717, 1.165) is 17.7 Å². The summed E-state index contributed by atoms with van der Waals surface area (Å²) < 4.78 is 10.7. The molecule has 1 fully saturated rings. The highest BCUT2D eigenvalue weighted by molar-refractivity contribution is 8.00. The lowest BCUT2D eigenvalue weighted by Crippen LogP contribution is -2.12. The zero-order valence-electron chi connectivity index (χ0n) is 4.31. The van der Waals surface area contributed by atoms with Crippen LogP contribution >= 0.6 is 0 Å². The summed E-state index contributed by atoms with van der Waals surface area (Å²) in [7, 11) is -1.96. The van der Waals surface area contributed by atoms with Gasteiger partial charge in [0.25, 0.3) is 0 Å². The van der Waals surface area contributed by atoms with Gasteiger partial charge in [0.05, 0.1) is 0 Å². The summed E-state index contributed by atoms with van der Waals surface area (Å²) >= 11 is 0. The Morgan fingerprint density at radius 2 is 2.14 bits per heavy atom. The minimum atomic E-state index is -1.96. The van der Waals surface area contributed by atoms with Gasteiger partial charge < -0.3 is 0 Å². The zero-order valence-corrected chi connectivity index (χ0v) is 5.12. The van der Waals surface area contributed by atoms with Gasteiger partial charge in [0.1, 0.15) is 0 Å². The molecule has 0 aromatic carbocycles. The largest absolute Gasteiger partial charge is 0.259 e. The summed E-state index contributed by atoms with van der Waals surface area (Å²) in [6, 6.07) is 0. The molecule has 1 rings (SSSR count). The molecule has 0 aromatic rings. The van der Waals surface area contributed by atoms with Gasteiger partial charge in [0.15, 0.2) is 0 Å². The second kappa shape index (κ2) is 1.23. The maximum Gasteiger partial charge on any atom is 0.0255 e. The van der Waals surface area contributed by atoms with Crippen molar-refractivity contribution in [2.45, 2.75) is 12.8 Å². The molecule has 0 saturated heterocycles. The van der Waals surface area contributed by atoms with E-state index in [1.807, 2.05) is 0 Å². The SMILES string of the molecule is CS(N)(=O)=C1CC1. The Bertz CT molecular complexity index is 174. The molecule has 0 heterocycles. The second-order valence-electron chi connectivity index (χ2n) is 1.94. The molecule has 1 saturated carbocycles. The van der Waals surface area contributed by atoms with Crippen molar-refractivity contribution in [3.8, 4) is 0 Å². The molecule has 2 nitrogen and oxygen atoms in total. The Balaban J connectivity index is 3.09. The van der Waals surface area contributed by atoms with E-state index < -0.39 is 9.71 Å². The third-order valence-electron chi connectivity index (χ3n) is 1.03. The molecule has 1 atom stereocenters. The van der Waals surface area contributed by atoms with E-state index >= 15 is 0 Å². The van der Waals surface area contributed by atoms with E-state index in [2.05, 4.69) is 0 Å². The quantitative estimate of drug-likeness (QED) is 0.439. The van der Waals surface area contributed by atoms with Crippen molar-refractivity contribution in [2.75, 3.05) is 6.26 Å². The van der Waals surface area contributed by atoms with E-state index in [9.17, 15) is 4.21 Å². The van der Waals surface area contributed by atoms with Crippen molar-refractivity contribution in [3.63, 3.8) is 0 Å². The van der Waals surface area contributed by atoms with E-state index in [0.29, 0.717) is 0 Å². The van der Waals surface area contributed by atoms with Crippen molar-refractivity contribution in [2.24, 2.45) is 5.14 Å². The molecule has 7 heavy (non-hydrogen) atoms. The van der Waals surface area contributed by atoms with E-state index in [1.54, 1.807) is 6.26 Å². The van der Waals surface area contributed by atoms with Crippen LogP contribution in [0.1, 0.15) is 12.8 Å². The molecule has 0 aromatic heterocycles. The van der Waals surface area contributed by atoms with Gasteiger partial charge in [-0.3, -0.25) is 9.35 Å². The summed E-state index contributed by atoms with van der Waals surface area (Å²) in [6.45, 7) is 0. The number of hydrogen-bond donors (Lipinski definition) is 1. The number of hydrogen-bond acceptors (Lipinski definition) is 1. The molecule has 2 N–H and O–H groups in total. The van der Waals surface area contributed by atoms with Crippen LogP contribution < -0.4 is 5.14 Å². The predicted octanol–water partition coefficient (Wildman–Crippen LogP) is -0.259. The van der Waals surface area contributed by atoms with Gasteiger partial charge in [-0.25, -0.2) is 0 Å². The molecule has 3 heteroatoms. The maximum atomic E-state index is 10.7. The topological polar surface area (TPSA) is 43.1 Å². The molecule has 0 radical (unpaired) electrons. The number of rotatable bonds is 0. The van der Waals surface area contributed by atoms with Crippen LogP contribution in [0.15, 0.2) is 0 Å². The lowest BCUT2D eigenvalue weighted by atomic mass is 11.0. The van der Waals surface area contributed by atoms with Gasteiger partial charge >= 0.3 is 0 Å². The zero-order chi connectivity index (χ0) is 5.49. The van der Waals surface area contributed by atoms with Gasteiger partial charge in [-0.2, -0.15) is 0 Å². The molecular formula is C4H9NOS. The van der Waals surface area contributed by atoms with Gasteiger partial charge in [0.2, 0.25) is 0 Å². The highest BCUT2D eigenvalue weighted by atomic mass is 32.2. The minimum Gasteiger partial charge on any atom is -0.259 e. The fraction of sp³-hybridized carbons (Fsp3) is 0.750. The highest BCUT2D eigenvalue weighted by Crippen LogP contribution is 2.14. The Labute approximate surface area is 43.8 Å². The van der Waals surface area contributed by atoms with Crippen LogP contribution in [0.4, 0.5) is 0 Å². The summed E-state index contributed by atoms with van der Waals surface area (Å²) in [6.07, 6.45) is 3.58. The van der Waals surface area contributed by atoms with E-state index in [4.69, 9.17) is 5.14 Å². The van der Waals surface area contributed by atoms with Crippen molar-refractivity contribution in [3.05, 3.63) is 0 Å². The average Bonchev–Trinajstić information content (AvgIpc) is 1.99. The standard InChI is InChI=1S/C4H9NOS/c1-7(5,6)4-2-3-4/h2-3H2,1H3,(H2,5,6). The second-order valence-corrected chi connectivity index (χ2v) is 4.33. The first kappa shape index (κ1) is 5.12. The Morgan fingerprint density at radius 3 is 2.14 bits per heavy atom. The molecule has 1 aliphatic rings. The first-order valence-electron chi connectivity index (χ1n) is 2.22. The number of nitrogens with two attached hydrogens (primary N) is 1. The van der Waals surface area contributed by atoms with Crippen molar-refractivity contribution in [1.29, 1.82) is 0 Å². The smallest absolute Gasteiger partial charge is 0.0255 e. The van der Waals surface area contributed by atoms with Crippen LogP contribution in [-0.2, 0) is 9.71 Å². The molecule has 0 spiro atoms. The third kappa shape index (κ3) is 1.17. The molecule has 1 unspecified atom stereocenters. The van der Waals surface area contributed by atoms with Gasteiger partial charge in [-0.1, -0.05) is 0 Å². The molecular weight excluding hydrogens is 110 g/mol. The summed E-state index contributed by atoms with van der Waals surface area (Å²) in [5.74, 6) is 0. The normalized spacial score (nSPS) is 26.9. The monoisotopic (exact) mass is 119 g/mol. The average molecular weight is 119 g/mol. The van der Waals surface area contributed by atoms with E-state index in [-0.39, 0.29) is 0 Å². The maximum absolute atomic E-state index is 10.7. The minimum absolute atomic E-state index is 0.992. The molecule has 0 bridgehead atoms. The van der Waals surface area contributed by atoms with Gasteiger partial charge in [0, 0.05) is 16.0 Å². The van der Waals surface area contributed by atoms with Crippen LogP contribution in [-0.4, -0.2) is 15.3 Å². The van der Waals surface area contributed by atoms with Crippen LogP contribution in [0.25, 0.3) is 0 Å². The third-order valence-corrected chi connectivity index (χ3v) is 2.58. The van der Waals surface area contributed by atoms with E-state index in [1.165, 1.54) is 0 Å². The molecule has 0 amide bonds. The van der Waals surface area contributed by atoms with Crippen LogP contribution in [0.3, 0.4) is 0 Å². The van der Waals surface area contributed by atoms with Crippen LogP contribution in [0.5, 0.6) is 0 Å². The Kier molecular flexibility index (Phi) is 0.900. The molecule has 42 valence electrons. The van der Waals surface area contributed by atoms with Crippen LogP contribution in [0, 0.1) is 0 Å². The fourth-order valence-corrected chi connectivity index (χ4v) is 1.37. The predicted molar refractivity (Wildman–Crippen MR) is 32.5 cm³/mol. The first-order chi connectivity index (χ1) is 3.11. The van der Waals surface area contributed by atoms with Gasteiger partial charge in [-0.15, -0.1) is 0 Å². The van der Waals surface area contributed by atoms with Crippen LogP contribution in [0.2, 0.25) is 0 Å². The van der Waals surface area contributed by atoms with Gasteiger partial charge in [-0.05, 0) is 17.7 Å².